The van der Waals surface area contributed by atoms with Gasteiger partial charge in [-0.2, -0.15) is 0 Å². The molecule has 166 valence electrons. The molecule has 0 spiro atoms. The average molecular weight is 450 g/mol. The molecule has 0 unspecified atom stereocenters. The van der Waals surface area contributed by atoms with E-state index in [-0.39, 0.29) is 18.4 Å². The van der Waals surface area contributed by atoms with Crippen LogP contribution in [0, 0.1) is 13.8 Å². The fourth-order valence-corrected chi connectivity index (χ4v) is 4.32. The summed E-state index contributed by atoms with van der Waals surface area (Å²) in [6, 6.07) is 17.4. The van der Waals surface area contributed by atoms with Crippen LogP contribution in [0.3, 0.4) is 0 Å². The van der Waals surface area contributed by atoms with Crippen molar-refractivity contribution in [3.8, 4) is 5.75 Å². The molecule has 1 N–H and O–H groups in total. The van der Waals surface area contributed by atoms with Gasteiger partial charge in [-0.15, -0.1) is 11.3 Å². The number of amides is 2. The zero-order valence-corrected chi connectivity index (χ0v) is 19.2. The van der Waals surface area contributed by atoms with Crippen molar-refractivity contribution < 1.29 is 14.3 Å². The first-order chi connectivity index (χ1) is 15.5. The van der Waals surface area contributed by atoms with Crippen LogP contribution in [-0.4, -0.2) is 49.5 Å². The second-order valence-electron chi connectivity index (χ2n) is 7.89. The maximum absolute atomic E-state index is 12.5. The van der Waals surface area contributed by atoms with E-state index >= 15 is 0 Å². The number of hydrogen-bond acceptors (Lipinski definition) is 5. The van der Waals surface area contributed by atoms with Gasteiger partial charge >= 0.3 is 0 Å². The van der Waals surface area contributed by atoms with Gasteiger partial charge in [0.1, 0.15) is 5.75 Å². The minimum absolute atomic E-state index is 0.0372. The highest BCUT2D eigenvalue weighted by molar-refractivity contribution is 7.12. The molecule has 1 saturated heterocycles. The number of nitrogens with one attached hydrogen (secondary N) is 1. The number of hydrogen-bond donors (Lipinski definition) is 1. The van der Waals surface area contributed by atoms with Crippen LogP contribution in [0.15, 0.2) is 60.0 Å². The lowest BCUT2D eigenvalue weighted by Gasteiger charge is -2.36. The Morgan fingerprint density at radius 1 is 0.969 bits per heavy atom. The molecule has 1 aromatic heterocycles. The van der Waals surface area contributed by atoms with Gasteiger partial charge in [-0.3, -0.25) is 9.59 Å². The van der Waals surface area contributed by atoms with E-state index in [1.54, 1.807) is 0 Å². The van der Waals surface area contributed by atoms with Crippen molar-refractivity contribution in [3.05, 3.63) is 76.0 Å². The van der Waals surface area contributed by atoms with Crippen molar-refractivity contribution in [1.82, 2.24) is 4.90 Å². The quantitative estimate of drug-likeness (QED) is 0.608. The fourth-order valence-electron chi connectivity index (χ4n) is 3.63. The zero-order valence-electron chi connectivity index (χ0n) is 18.3. The lowest BCUT2D eigenvalue weighted by Crippen LogP contribution is -2.48. The second kappa shape index (κ2) is 9.87. The molecule has 3 aromatic rings. The van der Waals surface area contributed by atoms with E-state index in [0.717, 1.165) is 34.9 Å². The summed E-state index contributed by atoms with van der Waals surface area (Å²) in [5.41, 5.74) is 4.14. The number of piperazine rings is 1. The minimum atomic E-state index is -0.198. The molecule has 0 radical (unpaired) electrons. The predicted molar refractivity (Wildman–Crippen MR) is 129 cm³/mol. The van der Waals surface area contributed by atoms with Gasteiger partial charge in [-0.1, -0.05) is 12.1 Å². The van der Waals surface area contributed by atoms with Crippen LogP contribution < -0.4 is 15.0 Å². The van der Waals surface area contributed by atoms with Gasteiger partial charge in [0.2, 0.25) is 0 Å². The molecular formula is C25H27N3O3S. The van der Waals surface area contributed by atoms with E-state index < -0.39 is 0 Å². The first-order valence-electron chi connectivity index (χ1n) is 10.7. The number of aryl methyl sites for hydroxylation is 2. The summed E-state index contributed by atoms with van der Waals surface area (Å²) in [4.78, 5) is 29.7. The first kappa shape index (κ1) is 21.9. The smallest absolute Gasteiger partial charge is 0.264 e. The SMILES string of the molecule is Cc1ccc(OCC(=O)Nc2ccc(N3CCN(C(=O)c4cccs4)CC3)cc2)cc1C. The highest BCUT2D eigenvalue weighted by Gasteiger charge is 2.22. The van der Waals surface area contributed by atoms with Crippen LogP contribution in [0.25, 0.3) is 0 Å². The van der Waals surface area contributed by atoms with Crippen LogP contribution in [0.1, 0.15) is 20.8 Å². The van der Waals surface area contributed by atoms with Crippen molar-refractivity contribution in [2.24, 2.45) is 0 Å². The molecule has 0 saturated carbocycles. The fraction of sp³-hybridized carbons (Fsp3) is 0.280. The maximum Gasteiger partial charge on any atom is 0.264 e. The summed E-state index contributed by atoms with van der Waals surface area (Å²) in [7, 11) is 0. The van der Waals surface area contributed by atoms with Gasteiger partial charge in [0, 0.05) is 37.6 Å². The zero-order chi connectivity index (χ0) is 22.5. The van der Waals surface area contributed by atoms with Crippen molar-refractivity contribution >= 4 is 34.5 Å². The van der Waals surface area contributed by atoms with E-state index in [2.05, 4.69) is 10.2 Å². The Morgan fingerprint density at radius 3 is 2.38 bits per heavy atom. The Morgan fingerprint density at radius 2 is 1.72 bits per heavy atom. The molecule has 2 aromatic carbocycles. The molecule has 4 rings (SSSR count). The molecular weight excluding hydrogens is 422 g/mol. The Labute approximate surface area is 192 Å². The molecule has 0 atom stereocenters. The molecule has 1 fully saturated rings. The van der Waals surface area contributed by atoms with Gasteiger partial charge in [-0.25, -0.2) is 0 Å². The summed E-state index contributed by atoms with van der Waals surface area (Å²) in [5, 5.41) is 4.80. The van der Waals surface area contributed by atoms with Crippen LogP contribution in [0.5, 0.6) is 5.75 Å². The normalized spacial score (nSPS) is 13.7. The van der Waals surface area contributed by atoms with Crippen molar-refractivity contribution in [2.75, 3.05) is 43.0 Å². The lowest BCUT2D eigenvalue weighted by molar-refractivity contribution is -0.118. The first-order valence-corrected chi connectivity index (χ1v) is 11.6. The van der Waals surface area contributed by atoms with Crippen LogP contribution in [0.4, 0.5) is 11.4 Å². The third kappa shape index (κ3) is 5.29. The molecule has 0 aliphatic carbocycles. The Balaban J connectivity index is 1.25. The molecule has 0 bridgehead atoms. The number of rotatable bonds is 6. The molecule has 7 heteroatoms. The largest absolute Gasteiger partial charge is 0.484 e. The lowest BCUT2D eigenvalue weighted by atomic mass is 10.1. The number of thiophene rings is 1. The van der Waals surface area contributed by atoms with E-state index in [1.165, 1.54) is 16.9 Å². The maximum atomic E-state index is 12.5. The third-order valence-corrected chi connectivity index (χ3v) is 6.52. The van der Waals surface area contributed by atoms with Crippen LogP contribution in [-0.2, 0) is 4.79 Å². The molecule has 1 aliphatic rings. The highest BCUT2D eigenvalue weighted by atomic mass is 32.1. The van der Waals surface area contributed by atoms with E-state index in [4.69, 9.17) is 4.74 Å². The van der Waals surface area contributed by atoms with Crippen LogP contribution >= 0.6 is 11.3 Å². The summed E-state index contributed by atoms with van der Waals surface area (Å²) in [6.07, 6.45) is 0. The Hall–Kier alpha value is -3.32. The number of carbonyl (C=O) groups is 2. The summed E-state index contributed by atoms with van der Waals surface area (Å²) in [5.74, 6) is 0.604. The van der Waals surface area contributed by atoms with Gasteiger partial charge in [-0.05, 0) is 72.8 Å². The number of nitrogens with zero attached hydrogens (tertiary/aromatic N) is 2. The number of benzene rings is 2. The highest BCUT2D eigenvalue weighted by Crippen LogP contribution is 2.21. The Kier molecular flexibility index (Phi) is 6.75. The van der Waals surface area contributed by atoms with Crippen molar-refractivity contribution in [1.29, 1.82) is 0 Å². The number of ether oxygens (including phenoxy) is 1. The van der Waals surface area contributed by atoms with Gasteiger partial charge in [0.25, 0.3) is 11.8 Å². The Bertz CT molecular complexity index is 1070. The number of anilines is 2. The predicted octanol–water partition coefficient (Wildman–Crippen LogP) is 4.34. The second-order valence-corrected chi connectivity index (χ2v) is 8.83. The van der Waals surface area contributed by atoms with E-state index in [1.807, 2.05) is 78.7 Å². The standard InChI is InChI=1S/C25H27N3O3S/c1-18-5-10-22(16-19(18)2)31-17-24(29)26-20-6-8-21(9-7-20)27-11-13-28(14-12-27)25(30)23-4-3-15-32-23/h3-10,15-16H,11-14,17H2,1-2H3,(H,26,29). The van der Waals surface area contributed by atoms with Gasteiger partial charge in [0.15, 0.2) is 6.61 Å². The number of carbonyl (C=O) groups excluding carboxylic acids is 2. The molecule has 32 heavy (non-hydrogen) atoms. The summed E-state index contributed by atoms with van der Waals surface area (Å²) < 4.78 is 5.60. The average Bonchev–Trinajstić information content (AvgIpc) is 3.35. The van der Waals surface area contributed by atoms with E-state index in [0.29, 0.717) is 18.8 Å². The third-order valence-electron chi connectivity index (χ3n) is 5.66. The topological polar surface area (TPSA) is 61.9 Å². The molecule has 1 aliphatic heterocycles. The van der Waals surface area contributed by atoms with Crippen molar-refractivity contribution in [2.45, 2.75) is 13.8 Å². The van der Waals surface area contributed by atoms with Crippen LogP contribution in [0.2, 0.25) is 0 Å². The van der Waals surface area contributed by atoms with Gasteiger partial charge in [0.05, 0.1) is 4.88 Å². The minimum Gasteiger partial charge on any atom is -0.484 e. The molecule has 2 amide bonds. The van der Waals surface area contributed by atoms with Gasteiger partial charge < -0.3 is 19.9 Å². The molecule has 6 nitrogen and oxygen atoms in total. The van der Waals surface area contributed by atoms with E-state index in [9.17, 15) is 9.59 Å². The van der Waals surface area contributed by atoms with Crippen molar-refractivity contribution in [3.63, 3.8) is 0 Å². The summed E-state index contributed by atoms with van der Waals surface area (Å²) in [6.45, 7) is 6.99. The molecule has 2 heterocycles. The monoisotopic (exact) mass is 449 g/mol. The summed E-state index contributed by atoms with van der Waals surface area (Å²) >= 11 is 1.48.